The highest BCUT2D eigenvalue weighted by atomic mass is 32.2. The molecule has 8 saturated heterocycles. The highest BCUT2D eigenvalue weighted by Gasteiger charge is 2.59. The second kappa shape index (κ2) is 37.7. The van der Waals surface area contributed by atoms with Crippen LogP contribution in [0.1, 0.15) is 41.5 Å². The Bertz CT molecular complexity index is 2610. The number of nitrogens with zero attached hydrogens (tertiary/aromatic N) is 1. The summed E-state index contributed by atoms with van der Waals surface area (Å²) in [6.45, 7) is 4.69. The Labute approximate surface area is 579 Å². The van der Waals surface area contributed by atoms with Crippen LogP contribution in [0.3, 0.4) is 0 Å². The number of nitrogens with one attached hydrogen (secondary N) is 3. The molecule has 41 nitrogen and oxygen atoms in total. The summed E-state index contributed by atoms with van der Waals surface area (Å²) in [6, 6.07) is -0.601. The second-order valence-electron chi connectivity index (χ2n) is 25.1. The number of carbonyl (C=O) groups is 2. The Balaban J connectivity index is 0.000000281. The molecule has 8 heterocycles. The highest BCUT2D eigenvalue weighted by molar-refractivity contribution is 8.00. The fraction of sp³-hybridized carbons (Fsp3) is 0.930. The lowest BCUT2D eigenvalue weighted by Gasteiger charge is -2.51. The van der Waals surface area contributed by atoms with Crippen LogP contribution >= 0.6 is 23.5 Å². The molecule has 578 valence electrons. The molecule has 2 amide bonds. The summed E-state index contributed by atoms with van der Waals surface area (Å²) in [5.74, 6) is -1.66. The molecule has 0 aromatic heterocycles. The first-order valence-corrected chi connectivity index (χ1v) is 34.0. The van der Waals surface area contributed by atoms with Crippen LogP contribution in [-0.4, -0.2) is 409 Å². The third kappa shape index (κ3) is 19.5. The van der Waals surface area contributed by atoms with E-state index in [1.54, 1.807) is 0 Å². The van der Waals surface area contributed by atoms with Crippen molar-refractivity contribution in [3.05, 3.63) is 0 Å². The van der Waals surface area contributed by atoms with Crippen molar-refractivity contribution in [2.45, 2.75) is 285 Å². The molecule has 0 aliphatic carbocycles. The number of hydrogen-bond donors (Lipinski definition) is 23. The smallest absolute Gasteiger partial charge is 0.217 e. The highest BCUT2D eigenvalue weighted by Crippen LogP contribution is 2.41. The number of thioether (sulfide) groups is 2. The van der Waals surface area contributed by atoms with E-state index in [0.29, 0.717) is 0 Å². The Morgan fingerprint density at radius 2 is 0.680 bits per heavy atom. The molecule has 8 aliphatic rings. The minimum absolute atomic E-state index is 0.0912. The summed E-state index contributed by atoms with van der Waals surface area (Å²) >= 11 is 1.87. The molecule has 20 unspecified atom stereocenters. The molecule has 8 fully saturated rings. The van der Waals surface area contributed by atoms with Crippen LogP contribution in [0.15, 0.2) is 0 Å². The number of hydrogen-bond acceptors (Lipinski definition) is 41. The Morgan fingerprint density at radius 3 is 0.960 bits per heavy atom. The van der Waals surface area contributed by atoms with Crippen molar-refractivity contribution in [3.8, 4) is 6.07 Å². The molecule has 0 saturated carbocycles. The van der Waals surface area contributed by atoms with Gasteiger partial charge in [0.15, 0.2) is 43.6 Å². The summed E-state index contributed by atoms with van der Waals surface area (Å²) in [6.07, 6.45) is -57.8. The summed E-state index contributed by atoms with van der Waals surface area (Å²) in [4.78, 5) is 25.1. The maximum absolute atomic E-state index is 12.6. The van der Waals surface area contributed by atoms with E-state index >= 15 is 0 Å². The topological polar surface area (TPSA) is 649 Å². The van der Waals surface area contributed by atoms with Crippen molar-refractivity contribution >= 4 is 41.2 Å². The van der Waals surface area contributed by atoms with E-state index in [4.69, 9.17) is 76.5 Å². The Kier molecular flexibility index (Phi) is 31.8. The van der Waals surface area contributed by atoms with Crippen LogP contribution in [0.2, 0.25) is 0 Å². The number of aliphatic hydroxyl groups excluding tert-OH is 20. The molecule has 0 aromatic carbocycles. The van der Waals surface area contributed by atoms with Crippen LogP contribution in [0.25, 0.3) is 0 Å². The predicted octanol–water partition coefficient (Wildman–Crippen LogP) is -12.5. The van der Waals surface area contributed by atoms with E-state index in [1.165, 1.54) is 41.7 Å². The predicted molar refractivity (Wildman–Crippen MR) is 326 cm³/mol. The number of nitriles is 1. The minimum Gasteiger partial charge on any atom is -0.484 e. The largest absolute Gasteiger partial charge is 0.484 e. The van der Waals surface area contributed by atoms with Crippen LogP contribution in [0.5, 0.6) is 0 Å². The van der Waals surface area contributed by atoms with Crippen molar-refractivity contribution in [2.24, 2.45) is 0 Å². The maximum atomic E-state index is 12.6. The van der Waals surface area contributed by atoms with Gasteiger partial charge in [0.05, 0.1) is 87.6 Å². The Hall–Kier alpha value is -2.76. The molecule has 8 aliphatic heterocycles. The van der Waals surface area contributed by atoms with Gasteiger partial charge in [-0.1, -0.05) is 0 Å². The number of methoxy groups -OCH3 is 1. The third-order valence-corrected chi connectivity index (χ3v) is 20.2. The SMILES string of the molecule is CC(=O)NC1C(O[C@@H]2OC(CO)[C@H](O)C(O)C2O[C@@H]2OC(C)[C@@H](O)C(O)C2O)[C@H](O[C@@H]2OC(C)[C@@H](O)[C@H](O)C2O)[C@H](CO)O[C@H]1SCC#N.COC(=N)CS[C@@H]1O[C@@H](CO)[C@@H](O[C@@H]2OC(C)[C@@H](O)[C@H](O)C2O)C(O[C@@H]2OC(CO)[C@H](O)C(O)C2O[C@@H]2OC(C)[C@@H](O)C(O)C2O)C1NC(C)=O. The van der Waals surface area contributed by atoms with Gasteiger partial charge in [-0.05, 0) is 27.7 Å². The van der Waals surface area contributed by atoms with Crippen LogP contribution in [0.4, 0.5) is 0 Å². The van der Waals surface area contributed by atoms with Crippen molar-refractivity contribution in [2.75, 3.05) is 45.0 Å². The number of ether oxygens (including phenoxy) is 15. The van der Waals surface area contributed by atoms with Gasteiger partial charge in [0.25, 0.3) is 0 Å². The van der Waals surface area contributed by atoms with E-state index in [1.807, 2.05) is 6.07 Å². The second-order valence-corrected chi connectivity index (χ2v) is 27.2. The summed E-state index contributed by atoms with van der Waals surface area (Å²) in [5.41, 5.74) is -2.23. The van der Waals surface area contributed by atoms with Gasteiger partial charge >= 0.3 is 0 Å². The summed E-state index contributed by atoms with van der Waals surface area (Å²) in [7, 11) is 1.27. The fourth-order valence-corrected chi connectivity index (χ4v) is 14.2. The molecule has 23 N–H and O–H groups in total. The first kappa shape index (κ1) is 84.5. The molecule has 100 heavy (non-hydrogen) atoms. The molecular formula is C57H96N4O37S2. The zero-order valence-corrected chi connectivity index (χ0v) is 56.6. The zero-order chi connectivity index (χ0) is 74.2. The first-order chi connectivity index (χ1) is 47.2. The van der Waals surface area contributed by atoms with Crippen LogP contribution in [-0.2, 0) is 80.6 Å². The molecule has 8 rings (SSSR count). The molecule has 0 radical (unpaired) electrons. The van der Waals surface area contributed by atoms with Crippen LogP contribution in [0, 0.1) is 16.7 Å². The van der Waals surface area contributed by atoms with E-state index in [0.717, 1.165) is 30.4 Å². The van der Waals surface area contributed by atoms with E-state index < -0.39 is 282 Å². The average Bonchev–Trinajstić information content (AvgIpc) is 0.769. The quantitative estimate of drug-likeness (QED) is 0.0334. The number of aliphatic hydroxyl groups is 20. The summed E-state index contributed by atoms with van der Waals surface area (Å²) in [5, 5.41) is 232. The van der Waals surface area contributed by atoms with Gasteiger partial charge in [0, 0.05) is 13.8 Å². The fourth-order valence-electron chi connectivity index (χ4n) is 12.2. The van der Waals surface area contributed by atoms with Crippen molar-refractivity contribution in [1.82, 2.24) is 10.6 Å². The normalized spacial score (nSPS) is 48.5. The van der Waals surface area contributed by atoms with Crippen molar-refractivity contribution in [1.29, 1.82) is 10.7 Å². The lowest BCUT2D eigenvalue weighted by atomic mass is 9.95. The first-order valence-electron chi connectivity index (χ1n) is 31.9. The molecular weight excluding hydrogens is 1400 g/mol. The van der Waals surface area contributed by atoms with Gasteiger partial charge in [0.2, 0.25) is 11.8 Å². The lowest BCUT2D eigenvalue weighted by molar-refractivity contribution is -0.383. The molecule has 0 spiro atoms. The van der Waals surface area contributed by atoms with Gasteiger partial charge in [-0.3, -0.25) is 15.0 Å². The van der Waals surface area contributed by atoms with E-state index in [9.17, 15) is 117 Å². The van der Waals surface area contributed by atoms with Gasteiger partial charge < -0.3 is 184 Å². The van der Waals surface area contributed by atoms with Gasteiger partial charge in [0.1, 0.15) is 170 Å². The number of carbonyl (C=O) groups excluding carboxylic acids is 2. The third-order valence-electron chi connectivity index (χ3n) is 18.0. The van der Waals surface area contributed by atoms with E-state index in [-0.39, 0.29) is 17.4 Å². The average molecular weight is 1490 g/mol. The summed E-state index contributed by atoms with van der Waals surface area (Å²) < 4.78 is 87.3. The Morgan fingerprint density at radius 1 is 0.390 bits per heavy atom. The maximum Gasteiger partial charge on any atom is 0.217 e. The molecule has 0 aromatic rings. The minimum atomic E-state index is -1.92. The van der Waals surface area contributed by atoms with Crippen molar-refractivity contribution in [3.63, 3.8) is 0 Å². The van der Waals surface area contributed by atoms with Gasteiger partial charge in [-0.15, -0.1) is 23.5 Å². The zero-order valence-electron chi connectivity index (χ0n) is 55.0. The lowest BCUT2D eigenvalue weighted by Crippen LogP contribution is -2.69. The van der Waals surface area contributed by atoms with Crippen LogP contribution < -0.4 is 10.6 Å². The monoisotopic (exact) mass is 1490 g/mol. The van der Waals surface area contributed by atoms with Gasteiger partial charge in [-0.2, -0.15) is 5.26 Å². The van der Waals surface area contributed by atoms with Crippen molar-refractivity contribution < 1.29 is 183 Å². The number of rotatable bonds is 23. The van der Waals surface area contributed by atoms with Gasteiger partial charge in [-0.25, -0.2) is 0 Å². The standard InChI is InChI=1S/C29H50N2O19S.C28H46N2O18S/c1-8-15(35)18(38)21(41)26(44-8)48-23-12(6-33)47-29(51-7-13(30)43-4)14(31-10(3)34)24(23)49-28-25(20(40)17(37)11(5-32)46-28)50-27-22(42)19(39)16(36)9(2)45-27;1-8-14(34)17(37)20(40)25(42-8)46-22-12(7-32)45-28(49-5-4-29)13(30-10(3)33)23(22)47-27-24(19(39)16(36)11(6-31)44-27)48-26-21(41)18(38)15(35)9(2)43-26/h8-9,11-12,14-30,32-33,35-42H,5-7H2,1-4H3,(H,31,34);8-9,11-28,31-32,34-41H,5-7H2,1-3H3,(H,30,33)/t8?,9?,11?,12-,14?,15+,16+,17-,18-,19?,20?,21?,22?,23+,24?,25?,26-,27-,28-,29-;8?,9?,11?,12-,13?,14+,15+,16-,17-,18?,19?,20?,21?,22+,23?,24?,25-,26-,27-,28-/m00/s1. The number of amides is 2. The molecule has 43 heteroatoms. The van der Waals surface area contributed by atoms with E-state index in [2.05, 4.69) is 10.6 Å². The molecule has 0 bridgehead atoms. The molecule has 40 atom stereocenters.